The molecule has 0 bridgehead atoms. The topological polar surface area (TPSA) is 142 Å². The standard InChI is InChI=1S/C28H25N5O5/c1-16-3-7-18(8-4-16)27(34)36-14-22-21(38-28(35)19-9-5-17(2)6-10-19)11-23(37-22)33-13-20(12-29)24-25(30)31-15-32-26(24)33/h3-10,13,15,21-23H,11,14H2,1-2H3,(H2,30,31,32)/t21-,22+,23+/m0/s1. The lowest BCUT2D eigenvalue weighted by atomic mass is 10.1. The van der Waals surface area contributed by atoms with Gasteiger partial charge in [0, 0.05) is 12.6 Å². The minimum Gasteiger partial charge on any atom is -0.459 e. The number of nitrogens with two attached hydrogens (primary N) is 1. The Labute approximate surface area is 218 Å². The molecule has 10 nitrogen and oxygen atoms in total. The molecule has 10 heteroatoms. The average Bonchev–Trinajstić information content (AvgIpc) is 3.49. The highest BCUT2D eigenvalue weighted by molar-refractivity contribution is 5.92. The number of rotatable bonds is 6. The van der Waals surface area contributed by atoms with Crippen LogP contribution in [0.1, 0.15) is 50.1 Å². The molecule has 0 spiro atoms. The maximum atomic E-state index is 12.9. The summed E-state index contributed by atoms with van der Waals surface area (Å²) in [5.41, 5.74) is 9.55. The summed E-state index contributed by atoms with van der Waals surface area (Å²) >= 11 is 0. The number of nitriles is 1. The third-order valence-corrected chi connectivity index (χ3v) is 6.46. The van der Waals surface area contributed by atoms with Gasteiger partial charge >= 0.3 is 11.9 Å². The molecule has 192 valence electrons. The van der Waals surface area contributed by atoms with Crippen LogP contribution in [0.2, 0.25) is 0 Å². The van der Waals surface area contributed by atoms with Crippen LogP contribution in [0.25, 0.3) is 11.0 Å². The number of ether oxygens (including phenoxy) is 3. The predicted molar refractivity (Wildman–Crippen MR) is 137 cm³/mol. The van der Waals surface area contributed by atoms with Gasteiger partial charge in [0.15, 0.2) is 0 Å². The zero-order valence-corrected chi connectivity index (χ0v) is 20.8. The van der Waals surface area contributed by atoms with E-state index < -0.39 is 30.4 Å². The number of fused-ring (bicyclic) bond motifs is 1. The number of nitrogen functional groups attached to an aromatic ring is 1. The summed E-state index contributed by atoms with van der Waals surface area (Å²) in [6, 6.07) is 16.1. The third kappa shape index (κ3) is 4.92. The largest absolute Gasteiger partial charge is 0.459 e. The Kier molecular flexibility index (Phi) is 6.77. The SMILES string of the molecule is Cc1ccc(C(=O)OC[C@H]2O[C@@H](n3cc(C#N)c4c(N)ncnc43)C[C@@H]2OC(=O)c2ccc(C)cc2)cc1. The van der Waals surface area contributed by atoms with Crippen LogP contribution in [-0.4, -0.2) is 45.3 Å². The van der Waals surface area contributed by atoms with Crippen LogP contribution < -0.4 is 5.73 Å². The van der Waals surface area contributed by atoms with Gasteiger partial charge in [-0.2, -0.15) is 5.26 Å². The Balaban J connectivity index is 1.40. The van der Waals surface area contributed by atoms with Crippen LogP contribution in [-0.2, 0) is 14.2 Å². The quantitative estimate of drug-likeness (QED) is 0.382. The lowest BCUT2D eigenvalue weighted by Gasteiger charge is -2.19. The fourth-order valence-electron chi connectivity index (χ4n) is 4.38. The van der Waals surface area contributed by atoms with Crippen molar-refractivity contribution in [1.82, 2.24) is 14.5 Å². The van der Waals surface area contributed by atoms with E-state index in [9.17, 15) is 14.9 Å². The van der Waals surface area contributed by atoms with Gasteiger partial charge in [0.25, 0.3) is 0 Å². The monoisotopic (exact) mass is 511 g/mol. The Morgan fingerprint density at radius 3 is 2.32 bits per heavy atom. The highest BCUT2D eigenvalue weighted by atomic mass is 16.6. The smallest absolute Gasteiger partial charge is 0.338 e. The van der Waals surface area contributed by atoms with Crippen LogP contribution in [0.3, 0.4) is 0 Å². The van der Waals surface area contributed by atoms with Crippen molar-refractivity contribution in [2.75, 3.05) is 12.3 Å². The molecule has 1 fully saturated rings. The number of esters is 2. The van der Waals surface area contributed by atoms with Crippen LogP contribution in [0.4, 0.5) is 5.82 Å². The molecule has 4 aromatic rings. The van der Waals surface area contributed by atoms with Crippen LogP contribution >= 0.6 is 0 Å². The number of hydrogen-bond acceptors (Lipinski definition) is 9. The molecule has 3 heterocycles. The number of nitrogens with zero attached hydrogens (tertiary/aromatic N) is 4. The van der Waals surface area contributed by atoms with E-state index in [4.69, 9.17) is 19.9 Å². The number of benzene rings is 2. The van der Waals surface area contributed by atoms with Gasteiger partial charge in [-0.25, -0.2) is 19.6 Å². The van der Waals surface area contributed by atoms with Gasteiger partial charge in [0.2, 0.25) is 0 Å². The minimum atomic E-state index is -0.758. The summed E-state index contributed by atoms with van der Waals surface area (Å²) in [6.07, 6.45) is 0.976. The molecule has 2 aromatic heterocycles. The average molecular weight is 512 g/mol. The Bertz CT molecular complexity index is 1540. The normalized spacial score (nSPS) is 18.7. The van der Waals surface area contributed by atoms with E-state index in [1.165, 1.54) is 6.33 Å². The van der Waals surface area contributed by atoms with E-state index in [1.54, 1.807) is 35.0 Å². The van der Waals surface area contributed by atoms with E-state index in [1.807, 2.05) is 38.1 Å². The first kappa shape index (κ1) is 24.9. The van der Waals surface area contributed by atoms with Crippen molar-refractivity contribution in [2.24, 2.45) is 0 Å². The first-order valence-electron chi connectivity index (χ1n) is 12.0. The number of carbonyl (C=O) groups excluding carboxylic acids is 2. The molecule has 1 aliphatic heterocycles. The summed E-state index contributed by atoms with van der Waals surface area (Å²) in [4.78, 5) is 33.8. The molecule has 5 rings (SSSR count). The number of aryl methyl sites for hydroxylation is 2. The molecule has 1 saturated heterocycles. The molecule has 38 heavy (non-hydrogen) atoms. The molecular formula is C28H25N5O5. The summed E-state index contributed by atoms with van der Waals surface area (Å²) in [6.45, 7) is 3.71. The highest BCUT2D eigenvalue weighted by Crippen LogP contribution is 2.36. The lowest BCUT2D eigenvalue weighted by Crippen LogP contribution is -2.32. The van der Waals surface area contributed by atoms with Gasteiger partial charge in [-0.3, -0.25) is 0 Å². The molecule has 0 amide bonds. The second-order valence-electron chi connectivity index (χ2n) is 9.16. The van der Waals surface area contributed by atoms with E-state index in [0.717, 1.165) is 11.1 Å². The second-order valence-corrected chi connectivity index (χ2v) is 9.16. The van der Waals surface area contributed by atoms with Crippen LogP contribution in [0.5, 0.6) is 0 Å². The molecule has 0 unspecified atom stereocenters. The Morgan fingerprint density at radius 2 is 1.68 bits per heavy atom. The molecule has 2 N–H and O–H groups in total. The van der Waals surface area contributed by atoms with Gasteiger partial charge in [-0.1, -0.05) is 35.4 Å². The number of hydrogen-bond donors (Lipinski definition) is 1. The van der Waals surface area contributed by atoms with Crippen molar-refractivity contribution in [1.29, 1.82) is 5.26 Å². The summed E-state index contributed by atoms with van der Waals surface area (Å²) in [7, 11) is 0. The summed E-state index contributed by atoms with van der Waals surface area (Å²) in [5.74, 6) is -0.857. The fourth-order valence-corrected chi connectivity index (χ4v) is 4.38. The van der Waals surface area contributed by atoms with Crippen molar-refractivity contribution in [2.45, 2.75) is 38.7 Å². The zero-order valence-electron chi connectivity index (χ0n) is 20.8. The summed E-state index contributed by atoms with van der Waals surface area (Å²) < 4.78 is 19.3. The van der Waals surface area contributed by atoms with Crippen molar-refractivity contribution in [3.63, 3.8) is 0 Å². The molecule has 1 aliphatic rings. The van der Waals surface area contributed by atoms with Crippen LogP contribution in [0, 0.1) is 25.2 Å². The maximum absolute atomic E-state index is 12.9. The molecule has 0 aliphatic carbocycles. The van der Waals surface area contributed by atoms with Gasteiger partial charge in [0.1, 0.15) is 48.9 Å². The predicted octanol–water partition coefficient (Wildman–Crippen LogP) is 3.87. The van der Waals surface area contributed by atoms with E-state index in [-0.39, 0.29) is 18.8 Å². The van der Waals surface area contributed by atoms with Crippen molar-refractivity contribution < 1.29 is 23.8 Å². The van der Waals surface area contributed by atoms with Crippen LogP contribution in [0.15, 0.2) is 61.1 Å². The summed E-state index contributed by atoms with van der Waals surface area (Å²) in [5, 5.41) is 10.0. The van der Waals surface area contributed by atoms with E-state index >= 15 is 0 Å². The molecule has 0 saturated carbocycles. The van der Waals surface area contributed by atoms with Crippen molar-refractivity contribution in [3.8, 4) is 6.07 Å². The van der Waals surface area contributed by atoms with E-state index in [0.29, 0.717) is 27.7 Å². The van der Waals surface area contributed by atoms with Gasteiger partial charge in [0.05, 0.1) is 22.1 Å². The van der Waals surface area contributed by atoms with Crippen molar-refractivity contribution in [3.05, 3.63) is 88.9 Å². The van der Waals surface area contributed by atoms with Gasteiger partial charge < -0.3 is 24.5 Å². The fraction of sp³-hybridized carbons (Fsp3) is 0.250. The Hall–Kier alpha value is -4.75. The Morgan fingerprint density at radius 1 is 1.05 bits per heavy atom. The van der Waals surface area contributed by atoms with Gasteiger partial charge in [-0.05, 0) is 38.1 Å². The van der Waals surface area contributed by atoms with E-state index in [2.05, 4.69) is 16.0 Å². The van der Waals surface area contributed by atoms with Gasteiger partial charge in [-0.15, -0.1) is 0 Å². The number of anilines is 1. The molecule has 0 radical (unpaired) electrons. The van der Waals surface area contributed by atoms with Crippen molar-refractivity contribution >= 4 is 28.8 Å². The molecule has 3 atom stereocenters. The molecular weight excluding hydrogens is 486 g/mol. The minimum absolute atomic E-state index is 0.142. The highest BCUT2D eigenvalue weighted by Gasteiger charge is 2.41. The zero-order chi connectivity index (χ0) is 26.8. The third-order valence-electron chi connectivity index (χ3n) is 6.46. The molecule has 2 aromatic carbocycles. The first-order chi connectivity index (χ1) is 18.3. The number of carbonyl (C=O) groups is 2. The lowest BCUT2D eigenvalue weighted by molar-refractivity contribution is -0.0562. The first-order valence-corrected chi connectivity index (χ1v) is 12.0. The number of aromatic nitrogens is 3. The maximum Gasteiger partial charge on any atom is 0.338 e. The second kappa shape index (κ2) is 10.3.